The molecular weight excluding hydrogens is 252 g/mol. The van der Waals surface area contributed by atoms with Gasteiger partial charge in [0.1, 0.15) is 0 Å². The summed E-state index contributed by atoms with van der Waals surface area (Å²) in [4.78, 5) is 10.7. The van der Waals surface area contributed by atoms with E-state index in [2.05, 4.69) is 0 Å². The van der Waals surface area contributed by atoms with E-state index >= 15 is 0 Å². The molecule has 1 N–H and O–H groups in total. The van der Waals surface area contributed by atoms with E-state index in [1.807, 2.05) is 0 Å². The van der Waals surface area contributed by atoms with Crippen molar-refractivity contribution in [3.8, 4) is 0 Å². The molecule has 104 valence electrons. The van der Waals surface area contributed by atoms with Crippen molar-refractivity contribution >= 4 is 5.97 Å². The summed E-state index contributed by atoms with van der Waals surface area (Å²) in [7, 11) is 0. The van der Waals surface area contributed by atoms with E-state index in [4.69, 9.17) is 5.11 Å². The van der Waals surface area contributed by atoms with Crippen molar-refractivity contribution in [2.75, 3.05) is 0 Å². The number of halogens is 4. The first-order valence-corrected chi connectivity index (χ1v) is 6.21. The van der Waals surface area contributed by atoms with E-state index in [-0.39, 0.29) is 5.92 Å². The molecule has 0 aromatic rings. The van der Waals surface area contributed by atoms with E-state index in [0.29, 0.717) is 25.7 Å². The summed E-state index contributed by atoms with van der Waals surface area (Å²) < 4.78 is 52.4. The Hall–Kier alpha value is -0.810. The van der Waals surface area contributed by atoms with Gasteiger partial charge in [0.2, 0.25) is 0 Å². The van der Waals surface area contributed by atoms with Crippen LogP contribution in [0.2, 0.25) is 0 Å². The van der Waals surface area contributed by atoms with Gasteiger partial charge in [0.05, 0.1) is 5.92 Å². The maximum atomic E-state index is 13.1. The average Bonchev–Trinajstić information content (AvgIpc) is 2.48. The van der Waals surface area contributed by atoms with Crippen molar-refractivity contribution in [3.05, 3.63) is 0 Å². The highest BCUT2D eigenvalue weighted by molar-refractivity contribution is 5.69. The lowest BCUT2D eigenvalue weighted by molar-refractivity contribution is -0.185. The molecule has 0 aliphatic heterocycles. The molecule has 2 rings (SSSR count). The number of hydrogen-bond acceptors (Lipinski definition) is 1. The first-order chi connectivity index (χ1) is 8.23. The van der Waals surface area contributed by atoms with Crippen LogP contribution in [0.4, 0.5) is 17.6 Å². The van der Waals surface area contributed by atoms with Crippen molar-refractivity contribution < 1.29 is 27.5 Å². The number of carbonyl (C=O) groups is 1. The van der Waals surface area contributed by atoms with Gasteiger partial charge in [-0.05, 0) is 37.5 Å². The number of rotatable bonds is 2. The van der Waals surface area contributed by atoms with Crippen LogP contribution in [0.5, 0.6) is 0 Å². The number of hydrogen-bond donors (Lipinski definition) is 1. The molecule has 2 fully saturated rings. The van der Waals surface area contributed by atoms with Crippen molar-refractivity contribution in [1.82, 2.24) is 0 Å². The van der Waals surface area contributed by atoms with Crippen LogP contribution in [0, 0.1) is 17.8 Å². The van der Waals surface area contributed by atoms with Crippen LogP contribution in [0.1, 0.15) is 38.5 Å². The molecular formula is C12H16F4O2. The van der Waals surface area contributed by atoms with E-state index in [1.165, 1.54) is 0 Å². The Kier molecular flexibility index (Phi) is 3.32. The van der Waals surface area contributed by atoms with Gasteiger partial charge in [-0.3, -0.25) is 4.79 Å². The van der Waals surface area contributed by atoms with Gasteiger partial charge in [-0.2, -0.15) is 17.6 Å². The van der Waals surface area contributed by atoms with Crippen LogP contribution < -0.4 is 0 Å². The van der Waals surface area contributed by atoms with E-state index < -0.39 is 42.5 Å². The summed E-state index contributed by atoms with van der Waals surface area (Å²) in [6.45, 7) is 0. The molecule has 2 aliphatic rings. The van der Waals surface area contributed by atoms with Gasteiger partial charge in [0.25, 0.3) is 0 Å². The highest BCUT2D eigenvalue weighted by atomic mass is 19.3. The molecule has 0 radical (unpaired) electrons. The fraction of sp³-hybridized carbons (Fsp3) is 0.917. The Bertz CT molecular complexity index is 319. The van der Waals surface area contributed by atoms with E-state index in [1.54, 1.807) is 0 Å². The second-order valence-corrected chi connectivity index (χ2v) is 5.53. The fourth-order valence-electron chi connectivity index (χ4n) is 3.20. The molecule has 0 bridgehead atoms. The maximum Gasteiger partial charge on any atom is 0.310 e. The zero-order valence-electron chi connectivity index (χ0n) is 9.84. The van der Waals surface area contributed by atoms with Crippen molar-refractivity contribution in [1.29, 1.82) is 0 Å². The van der Waals surface area contributed by atoms with Crippen LogP contribution in [0.3, 0.4) is 0 Å². The normalized spacial score (nSPS) is 35.6. The highest BCUT2D eigenvalue weighted by Crippen LogP contribution is 2.54. The third-order valence-electron chi connectivity index (χ3n) is 4.36. The lowest BCUT2D eigenvalue weighted by atomic mass is 9.75. The maximum absolute atomic E-state index is 13.1. The van der Waals surface area contributed by atoms with Gasteiger partial charge in [-0.1, -0.05) is 0 Å². The van der Waals surface area contributed by atoms with Gasteiger partial charge in [0.15, 0.2) is 0 Å². The van der Waals surface area contributed by atoms with Gasteiger partial charge in [0, 0.05) is 12.8 Å². The van der Waals surface area contributed by atoms with Gasteiger partial charge in [-0.15, -0.1) is 0 Å². The summed E-state index contributed by atoms with van der Waals surface area (Å²) in [5.74, 6) is -9.98. The summed E-state index contributed by atoms with van der Waals surface area (Å²) in [6, 6.07) is 0. The Morgan fingerprint density at radius 1 is 0.889 bits per heavy atom. The van der Waals surface area contributed by atoms with Crippen LogP contribution in [-0.2, 0) is 4.79 Å². The molecule has 18 heavy (non-hydrogen) atoms. The van der Waals surface area contributed by atoms with Crippen LogP contribution in [-0.4, -0.2) is 22.9 Å². The zero-order valence-corrected chi connectivity index (χ0v) is 9.84. The Morgan fingerprint density at radius 3 is 1.72 bits per heavy atom. The smallest absolute Gasteiger partial charge is 0.310 e. The average molecular weight is 268 g/mol. The molecule has 0 unspecified atom stereocenters. The van der Waals surface area contributed by atoms with E-state index in [9.17, 15) is 22.4 Å². The third kappa shape index (κ3) is 2.34. The quantitative estimate of drug-likeness (QED) is 0.777. The molecule has 6 heteroatoms. The lowest BCUT2D eigenvalue weighted by Gasteiger charge is -2.30. The Labute approximate surface area is 102 Å². The minimum absolute atomic E-state index is 0.181. The molecule has 0 spiro atoms. The zero-order chi connectivity index (χ0) is 13.6. The molecule has 2 nitrogen and oxygen atoms in total. The SMILES string of the molecule is O=C(O)C1CCC(C2CC(F)(F)C(F)(F)C2)CC1. The molecule has 0 saturated heterocycles. The van der Waals surface area contributed by atoms with Crippen molar-refractivity contribution in [2.45, 2.75) is 50.4 Å². The third-order valence-corrected chi connectivity index (χ3v) is 4.36. The minimum atomic E-state index is -3.90. The first kappa shape index (κ1) is 13.6. The molecule has 0 amide bonds. The van der Waals surface area contributed by atoms with Gasteiger partial charge < -0.3 is 5.11 Å². The minimum Gasteiger partial charge on any atom is -0.481 e. The largest absolute Gasteiger partial charge is 0.481 e. The molecule has 0 atom stereocenters. The summed E-state index contributed by atoms with van der Waals surface area (Å²) in [6.07, 6.45) is 0.230. The second-order valence-electron chi connectivity index (χ2n) is 5.53. The van der Waals surface area contributed by atoms with Crippen molar-refractivity contribution in [3.63, 3.8) is 0 Å². The molecule has 2 saturated carbocycles. The van der Waals surface area contributed by atoms with Crippen molar-refractivity contribution in [2.24, 2.45) is 17.8 Å². The number of carboxylic acids is 1. The van der Waals surface area contributed by atoms with Gasteiger partial charge in [-0.25, -0.2) is 0 Å². The summed E-state index contributed by atoms with van der Waals surface area (Å²) >= 11 is 0. The van der Waals surface area contributed by atoms with Crippen LogP contribution in [0.25, 0.3) is 0 Å². The second kappa shape index (κ2) is 4.38. The molecule has 0 aromatic heterocycles. The molecule has 0 heterocycles. The number of carboxylic acid groups (broad SMARTS) is 1. The monoisotopic (exact) mass is 268 g/mol. The topological polar surface area (TPSA) is 37.3 Å². The molecule has 0 aromatic carbocycles. The predicted octanol–water partition coefficient (Wildman–Crippen LogP) is 3.56. The molecule has 2 aliphatic carbocycles. The number of alkyl halides is 4. The standard InChI is InChI=1S/C12H16F4O2/c13-11(14)5-9(6-12(11,15)16)7-1-3-8(4-2-7)10(17)18/h7-9H,1-6H2,(H,17,18). The summed E-state index contributed by atoms with van der Waals surface area (Å²) in [5, 5.41) is 8.82. The lowest BCUT2D eigenvalue weighted by Crippen LogP contribution is -2.33. The van der Waals surface area contributed by atoms with Crippen LogP contribution in [0.15, 0.2) is 0 Å². The Morgan fingerprint density at radius 2 is 1.33 bits per heavy atom. The Balaban J connectivity index is 1.94. The first-order valence-electron chi connectivity index (χ1n) is 6.21. The fourth-order valence-corrected chi connectivity index (χ4v) is 3.20. The number of aliphatic carboxylic acids is 1. The predicted molar refractivity (Wildman–Crippen MR) is 55.7 cm³/mol. The van der Waals surface area contributed by atoms with E-state index in [0.717, 1.165) is 0 Å². The van der Waals surface area contributed by atoms with Gasteiger partial charge >= 0.3 is 17.8 Å². The summed E-state index contributed by atoms with van der Waals surface area (Å²) in [5.41, 5.74) is 0. The van der Waals surface area contributed by atoms with Crippen LogP contribution >= 0.6 is 0 Å². The highest BCUT2D eigenvalue weighted by Gasteiger charge is 2.63.